The van der Waals surface area contributed by atoms with Gasteiger partial charge in [0.2, 0.25) is 5.82 Å². The molecule has 11 nitrogen and oxygen atoms in total. The third-order valence-electron chi connectivity index (χ3n) is 8.24. The van der Waals surface area contributed by atoms with Gasteiger partial charge >= 0.3 is 5.97 Å². The number of hydrogen-bond donors (Lipinski definition) is 3. The standard InChI is InChI=1S/C34H64N6O5/c1-4-6-7-8-12-17-23-30(5-2)44-31(42)24-18-13-11-15-20-27-40(26-19-14-9-10-16-21-29-41)28-22-25-36-34(37-43)32-33(35-3)39-45-38-32/h29-30,43H,4-28H2,1-3H3,(H,35,39)(H,36,37). The van der Waals surface area contributed by atoms with E-state index in [0.717, 1.165) is 109 Å². The van der Waals surface area contributed by atoms with Crippen molar-refractivity contribution in [2.45, 2.75) is 155 Å². The predicted molar refractivity (Wildman–Crippen MR) is 181 cm³/mol. The molecule has 1 aromatic rings. The number of carbonyl (C=O) groups excluding carboxylic acids is 2. The van der Waals surface area contributed by atoms with Crippen molar-refractivity contribution in [3.05, 3.63) is 5.69 Å². The Morgan fingerprint density at radius 3 is 2.16 bits per heavy atom. The molecule has 0 aromatic carbocycles. The molecule has 0 amide bonds. The van der Waals surface area contributed by atoms with E-state index in [-0.39, 0.29) is 17.9 Å². The van der Waals surface area contributed by atoms with E-state index in [2.05, 4.69) is 44.9 Å². The summed E-state index contributed by atoms with van der Waals surface area (Å²) in [7, 11) is 1.70. The van der Waals surface area contributed by atoms with Crippen molar-refractivity contribution in [2.24, 2.45) is 4.99 Å². The molecule has 0 saturated carbocycles. The van der Waals surface area contributed by atoms with Gasteiger partial charge in [-0.3, -0.25) is 20.5 Å². The molecule has 0 fully saturated rings. The van der Waals surface area contributed by atoms with Crippen LogP contribution in [0, 0.1) is 0 Å². The number of aromatic nitrogens is 2. The molecule has 1 heterocycles. The minimum Gasteiger partial charge on any atom is -0.462 e. The number of hydroxylamine groups is 1. The van der Waals surface area contributed by atoms with Crippen molar-refractivity contribution < 1.29 is 24.2 Å². The summed E-state index contributed by atoms with van der Waals surface area (Å²) < 4.78 is 10.5. The minimum absolute atomic E-state index is 0.0330. The van der Waals surface area contributed by atoms with Crippen LogP contribution in [0.4, 0.5) is 5.82 Å². The second-order valence-corrected chi connectivity index (χ2v) is 12.1. The second-order valence-electron chi connectivity index (χ2n) is 12.1. The maximum atomic E-state index is 12.4. The van der Waals surface area contributed by atoms with Gasteiger partial charge in [-0.2, -0.15) is 0 Å². The minimum atomic E-state index is -0.0330. The molecule has 0 aliphatic heterocycles. The summed E-state index contributed by atoms with van der Waals surface area (Å²) in [6.07, 6.45) is 23.5. The predicted octanol–water partition coefficient (Wildman–Crippen LogP) is 7.48. The molecule has 1 aromatic heterocycles. The van der Waals surface area contributed by atoms with Gasteiger partial charge in [0.05, 0.1) is 0 Å². The molecule has 0 spiro atoms. The molecule has 0 bridgehead atoms. The van der Waals surface area contributed by atoms with Crippen LogP contribution >= 0.6 is 0 Å². The van der Waals surface area contributed by atoms with Gasteiger partial charge in [0.1, 0.15) is 12.4 Å². The van der Waals surface area contributed by atoms with Crippen LogP contribution < -0.4 is 10.8 Å². The summed E-state index contributed by atoms with van der Waals surface area (Å²) in [5, 5.41) is 19.9. The van der Waals surface area contributed by atoms with E-state index in [1.165, 1.54) is 38.5 Å². The van der Waals surface area contributed by atoms with E-state index in [1.54, 1.807) is 7.05 Å². The number of aldehydes is 1. The average molecular weight is 637 g/mol. The van der Waals surface area contributed by atoms with Crippen LogP contribution in [0.15, 0.2) is 9.62 Å². The molecule has 1 atom stereocenters. The Morgan fingerprint density at radius 1 is 0.889 bits per heavy atom. The first-order chi connectivity index (χ1) is 22.1. The fourth-order valence-corrected chi connectivity index (χ4v) is 5.46. The number of carbonyl (C=O) groups is 2. The molecule has 45 heavy (non-hydrogen) atoms. The van der Waals surface area contributed by atoms with Crippen molar-refractivity contribution >= 4 is 23.9 Å². The number of amidine groups is 1. The van der Waals surface area contributed by atoms with E-state index in [0.29, 0.717) is 30.9 Å². The summed E-state index contributed by atoms with van der Waals surface area (Å²) in [4.78, 5) is 29.9. The zero-order valence-corrected chi connectivity index (χ0v) is 28.7. The zero-order chi connectivity index (χ0) is 32.8. The Labute approximate surface area is 272 Å². The second kappa shape index (κ2) is 28.9. The molecular formula is C34H64N6O5. The Hall–Kier alpha value is -2.53. The van der Waals surface area contributed by atoms with E-state index in [4.69, 9.17) is 9.37 Å². The number of ether oxygens (including phenoxy) is 1. The van der Waals surface area contributed by atoms with Crippen LogP contribution in [-0.4, -0.2) is 77.8 Å². The largest absolute Gasteiger partial charge is 0.462 e. The highest BCUT2D eigenvalue weighted by Gasteiger charge is 2.15. The topological polar surface area (TPSA) is 142 Å². The van der Waals surface area contributed by atoms with Crippen LogP contribution in [0.2, 0.25) is 0 Å². The van der Waals surface area contributed by atoms with Gasteiger partial charge in [-0.05, 0) is 81.3 Å². The Balaban J connectivity index is 2.33. The SMILES string of the molecule is CCCCCCCCC(CC)OC(=O)CCCCCCCN(CCCCCCCC=O)CCCN=C(NO)c1nonc1NC. The van der Waals surface area contributed by atoms with E-state index in [1.807, 2.05) is 0 Å². The molecule has 0 saturated heterocycles. The van der Waals surface area contributed by atoms with Crippen molar-refractivity contribution in [3.8, 4) is 0 Å². The third-order valence-corrected chi connectivity index (χ3v) is 8.24. The molecule has 3 N–H and O–H groups in total. The van der Waals surface area contributed by atoms with Gasteiger partial charge in [-0.15, -0.1) is 0 Å². The number of esters is 1. The van der Waals surface area contributed by atoms with Crippen LogP contribution in [0.1, 0.15) is 154 Å². The van der Waals surface area contributed by atoms with Gasteiger partial charge in [-0.1, -0.05) is 84.5 Å². The monoisotopic (exact) mass is 636 g/mol. The smallest absolute Gasteiger partial charge is 0.306 e. The van der Waals surface area contributed by atoms with Crippen molar-refractivity contribution in [1.29, 1.82) is 0 Å². The van der Waals surface area contributed by atoms with Gasteiger partial charge in [0.15, 0.2) is 11.5 Å². The number of anilines is 1. The lowest BCUT2D eigenvalue weighted by atomic mass is 10.1. The normalized spacial score (nSPS) is 12.4. The molecular weight excluding hydrogens is 572 g/mol. The fourth-order valence-electron chi connectivity index (χ4n) is 5.46. The molecule has 11 heteroatoms. The molecule has 1 unspecified atom stereocenters. The van der Waals surface area contributed by atoms with Gasteiger partial charge in [0.25, 0.3) is 0 Å². The fraction of sp³-hybridized carbons (Fsp3) is 0.853. The Kier molecular flexibility index (Phi) is 26.0. The Morgan fingerprint density at radius 2 is 1.51 bits per heavy atom. The zero-order valence-electron chi connectivity index (χ0n) is 28.7. The quantitative estimate of drug-likeness (QED) is 0.0187. The van der Waals surface area contributed by atoms with Gasteiger partial charge in [0, 0.05) is 26.4 Å². The number of nitrogens with zero attached hydrogens (tertiary/aromatic N) is 4. The molecule has 0 aliphatic carbocycles. The van der Waals surface area contributed by atoms with Crippen molar-refractivity contribution in [1.82, 2.24) is 20.7 Å². The molecule has 1 rings (SSSR count). The van der Waals surface area contributed by atoms with Crippen LogP contribution in [0.3, 0.4) is 0 Å². The van der Waals surface area contributed by atoms with Gasteiger partial charge in [-0.25, -0.2) is 4.63 Å². The lowest BCUT2D eigenvalue weighted by Gasteiger charge is -2.22. The number of rotatable bonds is 31. The van der Waals surface area contributed by atoms with Crippen molar-refractivity contribution in [2.75, 3.05) is 38.5 Å². The maximum Gasteiger partial charge on any atom is 0.306 e. The number of unbranched alkanes of at least 4 members (excludes halogenated alkanes) is 14. The molecule has 0 aliphatic rings. The average Bonchev–Trinajstić information content (AvgIpc) is 3.53. The molecule has 0 radical (unpaired) electrons. The summed E-state index contributed by atoms with van der Waals surface area (Å²) in [6, 6.07) is 0. The third kappa shape index (κ3) is 21.0. The first-order valence-electron chi connectivity index (χ1n) is 17.9. The summed E-state index contributed by atoms with van der Waals surface area (Å²) >= 11 is 0. The summed E-state index contributed by atoms with van der Waals surface area (Å²) in [5.74, 6) is 0.611. The maximum absolute atomic E-state index is 12.4. The van der Waals surface area contributed by atoms with E-state index < -0.39 is 0 Å². The lowest BCUT2D eigenvalue weighted by Crippen LogP contribution is -2.28. The number of hydrogen-bond acceptors (Lipinski definition) is 10. The summed E-state index contributed by atoms with van der Waals surface area (Å²) in [6.45, 7) is 7.89. The first-order valence-corrected chi connectivity index (χ1v) is 17.9. The number of nitrogens with one attached hydrogen (secondary N) is 2. The van der Waals surface area contributed by atoms with Crippen molar-refractivity contribution in [3.63, 3.8) is 0 Å². The number of aliphatic imine (C=N–C) groups is 1. The Bertz CT molecular complexity index is 881. The highest BCUT2D eigenvalue weighted by Crippen LogP contribution is 2.15. The van der Waals surface area contributed by atoms with Crippen LogP contribution in [0.25, 0.3) is 0 Å². The van der Waals surface area contributed by atoms with Crippen LogP contribution in [-0.2, 0) is 14.3 Å². The van der Waals surface area contributed by atoms with E-state index in [9.17, 15) is 14.8 Å². The lowest BCUT2D eigenvalue weighted by molar-refractivity contribution is -0.149. The first kappa shape index (κ1) is 40.5. The van der Waals surface area contributed by atoms with E-state index >= 15 is 0 Å². The highest BCUT2D eigenvalue weighted by atomic mass is 16.6. The van der Waals surface area contributed by atoms with Gasteiger partial charge < -0.3 is 19.7 Å². The molecule has 260 valence electrons. The highest BCUT2D eigenvalue weighted by molar-refractivity contribution is 5.99. The van der Waals surface area contributed by atoms with Crippen LogP contribution in [0.5, 0.6) is 0 Å². The summed E-state index contributed by atoms with van der Waals surface area (Å²) in [5.41, 5.74) is 2.45.